The van der Waals surface area contributed by atoms with Gasteiger partial charge in [0.15, 0.2) is 6.29 Å². The zero-order valence-electron chi connectivity index (χ0n) is 10.5. The zero-order valence-corrected chi connectivity index (χ0v) is 12.0. The lowest BCUT2D eigenvalue weighted by molar-refractivity contribution is -0.104. The summed E-state index contributed by atoms with van der Waals surface area (Å²) in [6.07, 6.45) is 1.89. The van der Waals surface area contributed by atoms with E-state index < -0.39 is 10.0 Å². The molecule has 0 amide bonds. The smallest absolute Gasteiger partial charge is 0.269 e. The molecule has 0 atom stereocenters. The average Bonchev–Trinajstić information content (AvgIpc) is 2.38. The van der Waals surface area contributed by atoms with Gasteiger partial charge >= 0.3 is 0 Å². The van der Waals surface area contributed by atoms with Crippen LogP contribution in [0.2, 0.25) is 0 Å². The predicted octanol–water partition coefficient (Wildman–Crippen LogP) is 2.74. The van der Waals surface area contributed by atoms with Crippen LogP contribution in [0.15, 0.2) is 29.2 Å². The second-order valence-corrected chi connectivity index (χ2v) is 6.45. The first-order valence-electron chi connectivity index (χ1n) is 6.01. The molecule has 0 fully saturated rings. The highest BCUT2D eigenvalue weighted by atomic mass is 35.5. The monoisotopic (exact) mass is 299 g/mol. The number of carbonyl (C=O) groups is 1. The van der Waals surface area contributed by atoms with Crippen molar-refractivity contribution in [1.29, 1.82) is 0 Å². The van der Waals surface area contributed by atoms with Crippen molar-refractivity contribution in [3.05, 3.63) is 34.7 Å². The molecule has 19 heavy (non-hydrogen) atoms. The summed E-state index contributed by atoms with van der Waals surface area (Å²) < 4.78 is 26.0. The fourth-order valence-electron chi connectivity index (χ4n) is 2.03. The topological polar surface area (TPSA) is 54.5 Å². The number of benzene rings is 1. The van der Waals surface area contributed by atoms with Gasteiger partial charge in [-0.15, -0.1) is 0 Å². The quantitative estimate of drug-likeness (QED) is 0.803. The molecule has 0 bridgehead atoms. The van der Waals surface area contributed by atoms with Crippen molar-refractivity contribution >= 4 is 38.6 Å². The van der Waals surface area contributed by atoms with E-state index >= 15 is 0 Å². The molecule has 1 heterocycles. The molecular weight excluding hydrogens is 286 g/mol. The van der Waals surface area contributed by atoms with Crippen LogP contribution in [-0.2, 0) is 14.8 Å². The first kappa shape index (κ1) is 14.1. The number of rotatable bonds is 4. The second-order valence-electron chi connectivity index (χ2n) is 4.24. The molecule has 0 N–H and O–H groups in total. The molecule has 0 aliphatic carbocycles. The van der Waals surface area contributed by atoms with Gasteiger partial charge in [0.2, 0.25) is 0 Å². The van der Waals surface area contributed by atoms with Gasteiger partial charge in [0, 0.05) is 12.1 Å². The Labute approximate surface area is 117 Å². The van der Waals surface area contributed by atoms with Crippen molar-refractivity contribution in [2.24, 2.45) is 0 Å². The molecule has 0 saturated heterocycles. The molecule has 0 unspecified atom stereocenters. The molecule has 1 aromatic carbocycles. The summed E-state index contributed by atoms with van der Waals surface area (Å²) in [7, 11) is -3.84. The summed E-state index contributed by atoms with van der Waals surface area (Å²) in [5.74, 6) is 0. The van der Waals surface area contributed by atoms with Crippen LogP contribution >= 0.6 is 11.6 Å². The minimum Gasteiger partial charge on any atom is -0.297 e. The van der Waals surface area contributed by atoms with Gasteiger partial charge in [0.1, 0.15) is 4.91 Å². The molecule has 0 aromatic heterocycles. The van der Waals surface area contributed by atoms with Crippen LogP contribution in [0.3, 0.4) is 0 Å². The Bertz CT molecular complexity index is 637. The molecule has 1 aliphatic heterocycles. The van der Waals surface area contributed by atoms with Crippen LogP contribution in [0, 0.1) is 0 Å². The van der Waals surface area contributed by atoms with E-state index in [1.54, 1.807) is 24.3 Å². The van der Waals surface area contributed by atoms with E-state index in [0.29, 0.717) is 24.1 Å². The average molecular weight is 300 g/mol. The Morgan fingerprint density at radius 1 is 1.32 bits per heavy atom. The van der Waals surface area contributed by atoms with Gasteiger partial charge in [0.25, 0.3) is 10.0 Å². The number of carbonyl (C=O) groups excluding carboxylic acids is 1. The van der Waals surface area contributed by atoms with Crippen molar-refractivity contribution in [2.75, 3.05) is 10.8 Å². The van der Waals surface area contributed by atoms with E-state index in [2.05, 4.69) is 0 Å². The Balaban J connectivity index is 2.66. The highest BCUT2D eigenvalue weighted by Gasteiger charge is 2.35. The number of anilines is 1. The number of fused-ring (bicyclic) bond motifs is 1. The number of halogens is 1. The van der Waals surface area contributed by atoms with Crippen molar-refractivity contribution in [1.82, 2.24) is 0 Å². The maximum atomic E-state index is 12.4. The Morgan fingerprint density at radius 3 is 2.63 bits per heavy atom. The van der Waals surface area contributed by atoms with Gasteiger partial charge in [0.05, 0.1) is 10.7 Å². The van der Waals surface area contributed by atoms with Crippen molar-refractivity contribution in [3.8, 4) is 0 Å². The number of hydrogen-bond acceptors (Lipinski definition) is 3. The molecule has 102 valence electrons. The van der Waals surface area contributed by atoms with Crippen LogP contribution in [0.1, 0.15) is 25.3 Å². The SMILES string of the molecule is CCCCN1c2ccccc2C(Cl)=C(C=O)S1(=O)=O. The highest BCUT2D eigenvalue weighted by Crippen LogP contribution is 2.40. The normalized spacial score (nSPS) is 17.3. The summed E-state index contributed by atoms with van der Waals surface area (Å²) in [6, 6.07) is 6.93. The molecule has 2 rings (SSSR count). The van der Waals surface area contributed by atoms with Gasteiger partial charge in [-0.25, -0.2) is 8.42 Å². The maximum absolute atomic E-state index is 12.4. The summed E-state index contributed by atoms with van der Waals surface area (Å²) in [5, 5.41) is -0.00153. The van der Waals surface area contributed by atoms with Crippen molar-refractivity contribution in [2.45, 2.75) is 19.8 Å². The Morgan fingerprint density at radius 2 is 2.00 bits per heavy atom. The molecule has 4 nitrogen and oxygen atoms in total. The van der Waals surface area contributed by atoms with E-state index in [1.165, 1.54) is 4.31 Å². The number of allylic oxidation sites excluding steroid dienone is 1. The standard InChI is InChI=1S/C13H14ClNO3S/c1-2-3-8-15-11-7-5-4-6-10(11)13(14)12(9-16)19(15,17)18/h4-7,9H,2-3,8H2,1H3. The third-order valence-electron chi connectivity index (χ3n) is 3.02. The lowest BCUT2D eigenvalue weighted by Gasteiger charge is -2.30. The minimum absolute atomic E-state index is 0.00153. The lowest BCUT2D eigenvalue weighted by Crippen LogP contribution is -2.36. The first-order valence-corrected chi connectivity index (χ1v) is 7.83. The lowest BCUT2D eigenvalue weighted by atomic mass is 10.1. The number of unbranched alkanes of at least 4 members (excludes halogenated alkanes) is 1. The number of sulfonamides is 1. The summed E-state index contributed by atoms with van der Waals surface area (Å²) in [6.45, 7) is 2.32. The number of para-hydroxylation sites is 1. The Kier molecular flexibility index (Phi) is 3.96. The van der Waals surface area contributed by atoms with Gasteiger partial charge in [-0.2, -0.15) is 0 Å². The van der Waals surface area contributed by atoms with Crippen LogP contribution in [-0.4, -0.2) is 21.2 Å². The van der Waals surface area contributed by atoms with Gasteiger partial charge in [-0.3, -0.25) is 9.10 Å². The molecule has 1 aliphatic rings. The summed E-state index contributed by atoms with van der Waals surface area (Å²) in [4.78, 5) is 10.7. The molecule has 0 spiro atoms. The van der Waals surface area contributed by atoms with Crippen LogP contribution < -0.4 is 4.31 Å². The van der Waals surface area contributed by atoms with Gasteiger partial charge in [-0.05, 0) is 12.5 Å². The van der Waals surface area contributed by atoms with E-state index in [9.17, 15) is 13.2 Å². The molecular formula is C13H14ClNO3S. The minimum atomic E-state index is -3.84. The highest BCUT2D eigenvalue weighted by molar-refractivity contribution is 7.97. The van der Waals surface area contributed by atoms with E-state index in [1.807, 2.05) is 6.92 Å². The number of nitrogens with zero attached hydrogens (tertiary/aromatic N) is 1. The van der Waals surface area contributed by atoms with Crippen LogP contribution in [0.25, 0.3) is 5.03 Å². The Hall–Kier alpha value is -1.33. The fraction of sp³-hybridized carbons (Fsp3) is 0.308. The summed E-state index contributed by atoms with van der Waals surface area (Å²) >= 11 is 6.04. The van der Waals surface area contributed by atoms with E-state index in [4.69, 9.17) is 11.6 Å². The van der Waals surface area contributed by atoms with Gasteiger partial charge in [-0.1, -0.05) is 43.1 Å². The second kappa shape index (κ2) is 5.35. The van der Waals surface area contributed by atoms with Crippen molar-refractivity contribution in [3.63, 3.8) is 0 Å². The van der Waals surface area contributed by atoms with E-state index in [-0.39, 0.29) is 9.94 Å². The number of hydrogen-bond donors (Lipinski definition) is 0. The summed E-state index contributed by atoms with van der Waals surface area (Å²) in [5.41, 5.74) is 1.11. The maximum Gasteiger partial charge on any atom is 0.269 e. The zero-order chi connectivity index (χ0) is 14.0. The molecule has 1 aromatic rings. The largest absolute Gasteiger partial charge is 0.297 e. The number of aldehydes is 1. The first-order chi connectivity index (χ1) is 9.04. The fourth-order valence-corrected chi connectivity index (χ4v) is 4.01. The van der Waals surface area contributed by atoms with Crippen molar-refractivity contribution < 1.29 is 13.2 Å². The molecule has 0 saturated carbocycles. The predicted molar refractivity (Wildman–Crippen MR) is 76.5 cm³/mol. The third-order valence-corrected chi connectivity index (χ3v) is 5.35. The van der Waals surface area contributed by atoms with Crippen LogP contribution in [0.5, 0.6) is 0 Å². The molecule has 0 radical (unpaired) electrons. The molecule has 6 heteroatoms. The van der Waals surface area contributed by atoms with Gasteiger partial charge < -0.3 is 0 Å². The third kappa shape index (κ3) is 2.28. The van der Waals surface area contributed by atoms with Crippen LogP contribution in [0.4, 0.5) is 5.69 Å². The van der Waals surface area contributed by atoms with E-state index in [0.717, 1.165) is 12.8 Å².